The van der Waals surface area contributed by atoms with Gasteiger partial charge in [-0.05, 0) is 32.6 Å². The van der Waals surface area contributed by atoms with Crippen molar-refractivity contribution in [1.82, 2.24) is 5.32 Å². The van der Waals surface area contributed by atoms with Crippen LogP contribution in [0, 0.1) is 0 Å². The lowest BCUT2D eigenvalue weighted by Gasteiger charge is -2.27. The second kappa shape index (κ2) is 17.3. The molecular formula is C24H37NO2. The molecule has 0 aliphatic rings. The van der Waals surface area contributed by atoms with E-state index in [1.165, 1.54) is 6.08 Å². The van der Waals surface area contributed by atoms with Gasteiger partial charge in [-0.1, -0.05) is 93.5 Å². The van der Waals surface area contributed by atoms with Gasteiger partial charge in [0, 0.05) is 12.6 Å². The fourth-order valence-corrected chi connectivity index (χ4v) is 2.60. The van der Waals surface area contributed by atoms with Gasteiger partial charge < -0.3 is 10.4 Å². The fraction of sp³-hybridized carbons (Fsp3) is 0.458. The first-order chi connectivity index (χ1) is 13.1. The summed E-state index contributed by atoms with van der Waals surface area (Å²) in [5.74, 6) is -0.176. The number of hydrogen-bond donors (Lipinski definition) is 2. The molecule has 0 saturated heterocycles. The maximum absolute atomic E-state index is 11.8. The van der Waals surface area contributed by atoms with Gasteiger partial charge in [-0.25, -0.2) is 0 Å². The highest BCUT2D eigenvalue weighted by Gasteiger charge is 2.24. The maximum atomic E-state index is 11.8. The molecule has 0 saturated carbocycles. The highest BCUT2D eigenvalue weighted by molar-refractivity contribution is 5.87. The minimum atomic E-state index is -0.789. The van der Waals surface area contributed by atoms with Crippen molar-refractivity contribution in [3.8, 4) is 0 Å². The largest absolute Gasteiger partial charge is 0.388 e. The van der Waals surface area contributed by atoms with E-state index >= 15 is 0 Å². The third-order valence-electron chi connectivity index (χ3n) is 3.90. The molecule has 3 heteroatoms. The Bertz CT molecular complexity index is 545. The molecule has 1 amide bonds. The van der Waals surface area contributed by atoms with E-state index in [4.69, 9.17) is 0 Å². The molecule has 150 valence electrons. The lowest BCUT2D eigenvalue weighted by atomic mass is 9.92. The first kappa shape index (κ1) is 24.9. The zero-order valence-corrected chi connectivity index (χ0v) is 17.2. The van der Waals surface area contributed by atoms with E-state index in [9.17, 15) is 9.90 Å². The Balaban J connectivity index is 4.03. The van der Waals surface area contributed by atoms with E-state index in [1.54, 1.807) is 6.08 Å². The third kappa shape index (κ3) is 15.8. The number of amides is 1. The number of allylic oxidation sites excluding steroid dienone is 11. The Morgan fingerprint density at radius 3 is 1.89 bits per heavy atom. The SMILES string of the molecule is CC=CC=CC=CCCC=CC=CC=CC(=O)NCC(O)(CCC)CCC. The molecule has 0 aromatic rings. The molecule has 0 aliphatic heterocycles. The summed E-state index contributed by atoms with van der Waals surface area (Å²) in [6, 6.07) is 0. The number of carbonyl (C=O) groups is 1. The smallest absolute Gasteiger partial charge is 0.244 e. The van der Waals surface area contributed by atoms with Crippen molar-refractivity contribution in [2.45, 2.75) is 64.9 Å². The van der Waals surface area contributed by atoms with E-state index in [0.717, 1.165) is 25.7 Å². The van der Waals surface area contributed by atoms with Gasteiger partial charge >= 0.3 is 0 Å². The van der Waals surface area contributed by atoms with Crippen molar-refractivity contribution in [3.05, 3.63) is 72.9 Å². The Labute approximate surface area is 166 Å². The van der Waals surface area contributed by atoms with Gasteiger partial charge in [0.1, 0.15) is 0 Å². The van der Waals surface area contributed by atoms with Gasteiger partial charge in [0.05, 0.1) is 5.60 Å². The third-order valence-corrected chi connectivity index (χ3v) is 3.90. The van der Waals surface area contributed by atoms with E-state index in [-0.39, 0.29) is 5.91 Å². The molecule has 0 radical (unpaired) electrons. The van der Waals surface area contributed by atoms with Gasteiger partial charge in [-0.15, -0.1) is 0 Å². The Morgan fingerprint density at radius 1 is 0.852 bits per heavy atom. The second-order valence-corrected chi connectivity index (χ2v) is 6.53. The lowest BCUT2D eigenvalue weighted by Crippen LogP contribution is -2.42. The molecule has 0 spiro atoms. The van der Waals surface area contributed by atoms with Gasteiger partial charge in [0.25, 0.3) is 0 Å². The highest BCUT2D eigenvalue weighted by atomic mass is 16.3. The predicted molar refractivity (Wildman–Crippen MR) is 118 cm³/mol. The average Bonchev–Trinajstić information content (AvgIpc) is 2.64. The van der Waals surface area contributed by atoms with Crippen LogP contribution in [0.1, 0.15) is 59.3 Å². The van der Waals surface area contributed by atoms with Crippen molar-refractivity contribution < 1.29 is 9.90 Å². The molecule has 0 heterocycles. The quantitative estimate of drug-likeness (QED) is 0.238. The zero-order chi connectivity index (χ0) is 20.2. The summed E-state index contributed by atoms with van der Waals surface area (Å²) in [5, 5.41) is 13.3. The molecule has 0 bridgehead atoms. The molecule has 0 unspecified atom stereocenters. The van der Waals surface area contributed by atoms with Crippen LogP contribution in [0.5, 0.6) is 0 Å². The maximum Gasteiger partial charge on any atom is 0.244 e. The van der Waals surface area contributed by atoms with Crippen LogP contribution in [-0.4, -0.2) is 23.2 Å². The Hall–Kier alpha value is -2.13. The summed E-state index contributed by atoms with van der Waals surface area (Å²) in [5.41, 5.74) is -0.789. The van der Waals surface area contributed by atoms with Gasteiger partial charge in [0.2, 0.25) is 5.91 Å². The number of hydrogen-bond acceptors (Lipinski definition) is 2. The van der Waals surface area contributed by atoms with Crippen molar-refractivity contribution in [1.29, 1.82) is 0 Å². The topological polar surface area (TPSA) is 49.3 Å². The van der Waals surface area contributed by atoms with Crippen LogP contribution >= 0.6 is 0 Å². The molecule has 0 rings (SSSR count). The molecule has 27 heavy (non-hydrogen) atoms. The molecule has 0 aromatic heterocycles. The van der Waals surface area contributed by atoms with Crippen LogP contribution in [0.25, 0.3) is 0 Å². The number of unbranched alkanes of at least 4 members (excludes halogenated alkanes) is 1. The molecule has 3 nitrogen and oxygen atoms in total. The summed E-state index contributed by atoms with van der Waals surface area (Å²) in [6.07, 6.45) is 28.4. The molecule has 0 fully saturated rings. The van der Waals surface area contributed by atoms with Crippen LogP contribution in [0.2, 0.25) is 0 Å². The minimum Gasteiger partial charge on any atom is -0.388 e. The molecule has 0 aromatic carbocycles. The summed E-state index contributed by atoms with van der Waals surface area (Å²) < 4.78 is 0. The van der Waals surface area contributed by atoms with Gasteiger partial charge in [0.15, 0.2) is 0 Å². The Morgan fingerprint density at radius 2 is 1.37 bits per heavy atom. The van der Waals surface area contributed by atoms with Crippen molar-refractivity contribution >= 4 is 5.91 Å². The number of carbonyl (C=O) groups excluding carboxylic acids is 1. The van der Waals surface area contributed by atoms with E-state index < -0.39 is 5.60 Å². The van der Waals surface area contributed by atoms with Gasteiger partial charge in [-0.2, -0.15) is 0 Å². The fourth-order valence-electron chi connectivity index (χ4n) is 2.60. The van der Waals surface area contributed by atoms with Crippen LogP contribution in [-0.2, 0) is 4.79 Å². The normalized spacial score (nSPS) is 13.5. The van der Waals surface area contributed by atoms with E-state index in [0.29, 0.717) is 19.4 Å². The van der Waals surface area contributed by atoms with Crippen LogP contribution in [0.3, 0.4) is 0 Å². The Kier molecular flexibility index (Phi) is 15.9. The van der Waals surface area contributed by atoms with Crippen molar-refractivity contribution in [3.63, 3.8) is 0 Å². The predicted octanol–water partition coefficient (Wildman–Crippen LogP) is 5.57. The summed E-state index contributed by atoms with van der Waals surface area (Å²) in [6.45, 7) is 6.38. The number of nitrogens with one attached hydrogen (secondary N) is 1. The van der Waals surface area contributed by atoms with E-state index in [2.05, 4.69) is 17.5 Å². The van der Waals surface area contributed by atoms with Gasteiger partial charge in [-0.3, -0.25) is 4.79 Å². The van der Waals surface area contributed by atoms with Crippen molar-refractivity contribution in [2.24, 2.45) is 0 Å². The summed E-state index contributed by atoms with van der Waals surface area (Å²) >= 11 is 0. The van der Waals surface area contributed by atoms with Crippen molar-refractivity contribution in [2.75, 3.05) is 6.54 Å². The summed E-state index contributed by atoms with van der Waals surface area (Å²) in [4.78, 5) is 11.8. The standard InChI is InChI=1S/C24H37NO2/c1-4-7-8-9-10-11-12-13-14-15-16-17-18-19-23(26)25-22-24(27,20-5-2)21-6-3/h4,7-11,14-19,27H,5-6,12-13,20-22H2,1-3H3,(H,25,26). The van der Waals surface area contributed by atoms with Crippen LogP contribution in [0.15, 0.2) is 72.9 Å². The molecule has 0 atom stereocenters. The van der Waals surface area contributed by atoms with Crippen LogP contribution < -0.4 is 5.32 Å². The lowest BCUT2D eigenvalue weighted by molar-refractivity contribution is -0.117. The first-order valence-electron chi connectivity index (χ1n) is 10.0. The van der Waals surface area contributed by atoms with Crippen LogP contribution in [0.4, 0.5) is 0 Å². The molecule has 2 N–H and O–H groups in total. The first-order valence-corrected chi connectivity index (χ1v) is 10.0. The van der Waals surface area contributed by atoms with E-state index in [1.807, 2.05) is 69.4 Å². The number of rotatable bonds is 14. The zero-order valence-electron chi connectivity index (χ0n) is 17.2. The minimum absolute atomic E-state index is 0.176. The second-order valence-electron chi connectivity index (χ2n) is 6.53. The highest BCUT2D eigenvalue weighted by Crippen LogP contribution is 2.18. The number of aliphatic hydroxyl groups is 1. The molecule has 0 aliphatic carbocycles. The average molecular weight is 372 g/mol. The monoisotopic (exact) mass is 371 g/mol. The summed E-state index contributed by atoms with van der Waals surface area (Å²) in [7, 11) is 0. The molecular weight excluding hydrogens is 334 g/mol.